The Morgan fingerprint density at radius 2 is 1.93 bits per heavy atom. The van der Waals surface area contributed by atoms with Crippen molar-refractivity contribution >= 4 is 0 Å². The van der Waals surface area contributed by atoms with E-state index in [-0.39, 0.29) is 5.60 Å². The van der Waals surface area contributed by atoms with Gasteiger partial charge in [-0.3, -0.25) is 0 Å². The van der Waals surface area contributed by atoms with E-state index in [0.29, 0.717) is 5.92 Å². The molecule has 0 spiro atoms. The normalized spacial score (nSPS) is 15.5. The van der Waals surface area contributed by atoms with E-state index in [1.54, 1.807) is 14.2 Å². The van der Waals surface area contributed by atoms with Gasteiger partial charge in [-0.1, -0.05) is 19.9 Å². The highest BCUT2D eigenvalue weighted by Crippen LogP contribution is 2.30. The molecule has 2 nitrogen and oxygen atoms in total. The lowest BCUT2D eigenvalue weighted by Crippen LogP contribution is -2.38. The van der Waals surface area contributed by atoms with Gasteiger partial charge in [0.2, 0.25) is 0 Å². The number of ether oxygens (including phenoxy) is 2. The highest BCUT2D eigenvalue weighted by atomic mass is 16.5. The fourth-order valence-electron chi connectivity index (χ4n) is 1.76. The Balaban J connectivity index is 4.34. The topological polar surface area (TPSA) is 18.5 Å². The van der Waals surface area contributed by atoms with Gasteiger partial charge in [0, 0.05) is 20.8 Å². The standard InChI is InChI=1S/C12H24O2/c1-6-7-8-12(14-5,11(2)3)9-10-13-4/h6,11H,1,7-10H2,2-5H3. The van der Waals surface area contributed by atoms with Gasteiger partial charge in [0.15, 0.2) is 0 Å². The number of hydrogen-bond donors (Lipinski definition) is 0. The Morgan fingerprint density at radius 1 is 1.29 bits per heavy atom. The number of methoxy groups -OCH3 is 2. The first kappa shape index (κ1) is 13.7. The van der Waals surface area contributed by atoms with Gasteiger partial charge in [0.05, 0.1) is 5.60 Å². The van der Waals surface area contributed by atoms with Crippen LogP contribution >= 0.6 is 0 Å². The molecule has 0 fully saturated rings. The van der Waals surface area contributed by atoms with Crippen LogP contribution in [0.3, 0.4) is 0 Å². The average Bonchev–Trinajstić information content (AvgIpc) is 2.18. The van der Waals surface area contributed by atoms with Gasteiger partial charge in [-0.15, -0.1) is 6.58 Å². The summed E-state index contributed by atoms with van der Waals surface area (Å²) in [6, 6.07) is 0. The molecule has 0 rings (SSSR count). The van der Waals surface area contributed by atoms with Crippen LogP contribution in [0.5, 0.6) is 0 Å². The van der Waals surface area contributed by atoms with Crippen molar-refractivity contribution in [2.24, 2.45) is 5.92 Å². The molecule has 0 aromatic heterocycles. The lowest BCUT2D eigenvalue weighted by molar-refractivity contribution is -0.0718. The summed E-state index contributed by atoms with van der Waals surface area (Å²) >= 11 is 0. The van der Waals surface area contributed by atoms with Gasteiger partial charge in [-0.25, -0.2) is 0 Å². The van der Waals surface area contributed by atoms with Crippen molar-refractivity contribution in [1.82, 2.24) is 0 Å². The van der Waals surface area contributed by atoms with Gasteiger partial charge in [0.1, 0.15) is 0 Å². The van der Waals surface area contributed by atoms with E-state index in [1.807, 2.05) is 6.08 Å². The molecule has 0 aliphatic rings. The second kappa shape index (κ2) is 7.02. The molecule has 0 aliphatic carbocycles. The van der Waals surface area contributed by atoms with E-state index in [2.05, 4.69) is 20.4 Å². The fourth-order valence-corrected chi connectivity index (χ4v) is 1.76. The summed E-state index contributed by atoms with van der Waals surface area (Å²) in [6.07, 6.45) is 4.91. The highest BCUT2D eigenvalue weighted by molar-refractivity contribution is 4.86. The van der Waals surface area contributed by atoms with E-state index in [9.17, 15) is 0 Å². The zero-order valence-electron chi connectivity index (χ0n) is 10.0. The number of allylic oxidation sites excluding steroid dienone is 1. The molecule has 0 radical (unpaired) electrons. The van der Waals surface area contributed by atoms with E-state index in [0.717, 1.165) is 25.9 Å². The van der Waals surface area contributed by atoms with Crippen molar-refractivity contribution in [2.75, 3.05) is 20.8 Å². The molecule has 0 bridgehead atoms. The molecule has 0 amide bonds. The molecule has 2 heteroatoms. The number of rotatable bonds is 8. The van der Waals surface area contributed by atoms with Gasteiger partial charge in [0.25, 0.3) is 0 Å². The third kappa shape index (κ3) is 3.81. The van der Waals surface area contributed by atoms with Crippen LogP contribution < -0.4 is 0 Å². The summed E-state index contributed by atoms with van der Waals surface area (Å²) in [5, 5.41) is 0. The largest absolute Gasteiger partial charge is 0.385 e. The molecule has 1 unspecified atom stereocenters. The molecule has 84 valence electrons. The summed E-state index contributed by atoms with van der Waals surface area (Å²) in [4.78, 5) is 0. The minimum absolute atomic E-state index is 0.0514. The summed E-state index contributed by atoms with van der Waals surface area (Å²) in [5.41, 5.74) is -0.0514. The van der Waals surface area contributed by atoms with Gasteiger partial charge < -0.3 is 9.47 Å². The first-order valence-corrected chi connectivity index (χ1v) is 5.28. The maximum absolute atomic E-state index is 5.68. The maximum atomic E-state index is 5.68. The molecule has 0 N–H and O–H groups in total. The SMILES string of the molecule is C=CCCC(CCOC)(OC)C(C)C. The van der Waals surface area contributed by atoms with Crippen molar-refractivity contribution in [3.63, 3.8) is 0 Å². The van der Waals surface area contributed by atoms with Gasteiger partial charge >= 0.3 is 0 Å². The minimum Gasteiger partial charge on any atom is -0.385 e. The second-order valence-corrected chi connectivity index (χ2v) is 3.99. The van der Waals surface area contributed by atoms with Crippen LogP contribution in [0, 0.1) is 5.92 Å². The molecule has 0 saturated heterocycles. The van der Waals surface area contributed by atoms with Crippen LogP contribution in [0.2, 0.25) is 0 Å². The molecular weight excluding hydrogens is 176 g/mol. The molecule has 0 aromatic carbocycles. The lowest BCUT2D eigenvalue weighted by Gasteiger charge is -2.36. The molecule has 14 heavy (non-hydrogen) atoms. The van der Waals surface area contributed by atoms with Crippen LogP contribution in [0.25, 0.3) is 0 Å². The minimum atomic E-state index is -0.0514. The maximum Gasteiger partial charge on any atom is 0.0726 e. The van der Waals surface area contributed by atoms with Crippen LogP contribution in [0.1, 0.15) is 33.1 Å². The van der Waals surface area contributed by atoms with E-state index in [4.69, 9.17) is 9.47 Å². The Morgan fingerprint density at radius 3 is 2.29 bits per heavy atom. The third-order valence-corrected chi connectivity index (χ3v) is 2.96. The van der Waals surface area contributed by atoms with E-state index < -0.39 is 0 Å². The van der Waals surface area contributed by atoms with Crippen molar-refractivity contribution in [3.05, 3.63) is 12.7 Å². The van der Waals surface area contributed by atoms with E-state index in [1.165, 1.54) is 0 Å². The second-order valence-electron chi connectivity index (χ2n) is 3.99. The number of hydrogen-bond acceptors (Lipinski definition) is 2. The highest BCUT2D eigenvalue weighted by Gasteiger charge is 2.32. The fraction of sp³-hybridized carbons (Fsp3) is 0.833. The zero-order chi connectivity index (χ0) is 11.0. The molecule has 0 aromatic rings. The van der Waals surface area contributed by atoms with Crippen LogP contribution in [0.4, 0.5) is 0 Å². The molecule has 0 saturated carbocycles. The Labute approximate surface area is 88.3 Å². The van der Waals surface area contributed by atoms with Crippen LogP contribution in [-0.4, -0.2) is 26.4 Å². The Kier molecular flexibility index (Phi) is 6.85. The summed E-state index contributed by atoms with van der Waals surface area (Å²) in [6.45, 7) is 8.90. The van der Waals surface area contributed by atoms with Gasteiger partial charge in [-0.05, 0) is 25.2 Å². The summed E-state index contributed by atoms with van der Waals surface area (Å²) < 4.78 is 10.8. The first-order chi connectivity index (χ1) is 6.63. The molecular formula is C12H24O2. The molecule has 0 heterocycles. The predicted molar refractivity (Wildman–Crippen MR) is 60.5 cm³/mol. The van der Waals surface area contributed by atoms with E-state index >= 15 is 0 Å². The Hall–Kier alpha value is -0.340. The van der Waals surface area contributed by atoms with Crippen molar-refractivity contribution in [2.45, 2.75) is 38.7 Å². The smallest absolute Gasteiger partial charge is 0.0726 e. The first-order valence-electron chi connectivity index (χ1n) is 5.28. The zero-order valence-corrected chi connectivity index (χ0v) is 10.0. The van der Waals surface area contributed by atoms with Crippen LogP contribution in [-0.2, 0) is 9.47 Å². The molecule has 0 aliphatic heterocycles. The van der Waals surface area contributed by atoms with Crippen molar-refractivity contribution in [3.8, 4) is 0 Å². The lowest BCUT2D eigenvalue weighted by atomic mass is 9.83. The van der Waals surface area contributed by atoms with Crippen molar-refractivity contribution < 1.29 is 9.47 Å². The summed E-state index contributed by atoms with van der Waals surface area (Å²) in [7, 11) is 3.52. The average molecular weight is 200 g/mol. The monoisotopic (exact) mass is 200 g/mol. The predicted octanol–water partition coefficient (Wildman–Crippen LogP) is 3.03. The Bertz CT molecular complexity index is 154. The van der Waals surface area contributed by atoms with Gasteiger partial charge in [-0.2, -0.15) is 0 Å². The molecule has 1 atom stereocenters. The quantitative estimate of drug-likeness (QED) is 0.561. The van der Waals surface area contributed by atoms with Crippen molar-refractivity contribution in [1.29, 1.82) is 0 Å². The van der Waals surface area contributed by atoms with Crippen LogP contribution in [0.15, 0.2) is 12.7 Å². The third-order valence-electron chi connectivity index (χ3n) is 2.96. The summed E-state index contributed by atoms with van der Waals surface area (Å²) in [5.74, 6) is 0.502.